The van der Waals surface area contributed by atoms with Crippen LogP contribution in [0.15, 0.2) is 65.9 Å². The third-order valence-electron chi connectivity index (χ3n) is 4.15. The van der Waals surface area contributed by atoms with Gasteiger partial charge in [0.05, 0.1) is 18.7 Å². The number of carbonyl (C=O) groups is 2. The minimum Gasteiger partial charge on any atom is -0.496 e. The molecule has 0 radical (unpaired) electrons. The van der Waals surface area contributed by atoms with Gasteiger partial charge in [0.2, 0.25) is 0 Å². The van der Waals surface area contributed by atoms with Crippen LogP contribution in [0.1, 0.15) is 24.1 Å². The second-order valence-electron chi connectivity index (χ2n) is 5.87. The van der Waals surface area contributed by atoms with Gasteiger partial charge < -0.3 is 20.1 Å². The Morgan fingerprint density at radius 1 is 1.08 bits per heavy atom. The fourth-order valence-electron chi connectivity index (χ4n) is 2.90. The molecule has 0 spiro atoms. The Bertz CT molecular complexity index is 846. The normalized spacial score (nSPS) is 16.5. The predicted octanol–water partition coefficient (Wildman–Crippen LogP) is 3.07. The number of carbonyl (C=O) groups excluding carboxylic acids is 2. The van der Waals surface area contributed by atoms with Crippen LogP contribution in [-0.4, -0.2) is 19.1 Å². The minimum atomic E-state index is -0.650. The van der Waals surface area contributed by atoms with Gasteiger partial charge >= 0.3 is 12.0 Å². The van der Waals surface area contributed by atoms with E-state index in [4.69, 9.17) is 9.47 Å². The Morgan fingerprint density at radius 3 is 2.50 bits per heavy atom. The summed E-state index contributed by atoms with van der Waals surface area (Å²) in [7, 11) is 1.55. The molecule has 1 aliphatic rings. The van der Waals surface area contributed by atoms with Gasteiger partial charge in [0, 0.05) is 11.3 Å². The predicted molar refractivity (Wildman–Crippen MR) is 96.3 cm³/mol. The number of benzene rings is 2. The molecule has 0 aromatic heterocycles. The number of nitrogens with one attached hydrogen (secondary N) is 2. The van der Waals surface area contributed by atoms with Crippen molar-refractivity contribution >= 4 is 12.0 Å². The number of amides is 2. The highest BCUT2D eigenvalue weighted by Gasteiger charge is 2.33. The van der Waals surface area contributed by atoms with Crippen LogP contribution in [0, 0.1) is 0 Å². The molecule has 1 heterocycles. The fraction of sp³-hybridized carbons (Fsp3) is 0.200. The molecule has 0 saturated heterocycles. The number of methoxy groups -OCH3 is 1. The molecule has 134 valence electrons. The highest BCUT2D eigenvalue weighted by Crippen LogP contribution is 2.33. The van der Waals surface area contributed by atoms with Crippen LogP contribution in [0.4, 0.5) is 4.79 Å². The van der Waals surface area contributed by atoms with E-state index < -0.39 is 12.0 Å². The van der Waals surface area contributed by atoms with E-state index in [1.165, 1.54) is 0 Å². The molecule has 1 atom stereocenters. The fourth-order valence-corrected chi connectivity index (χ4v) is 2.90. The molecule has 2 amide bonds. The van der Waals surface area contributed by atoms with Crippen molar-refractivity contribution < 1.29 is 19.1 Å². The van der Waals surface area contributed by atoms with E-state index in [1.54, 1.807) is 20.1 Å². The third-order valence-corrected chi connectivity index (χ3v) is 4.15. The standard InChI is InChI=1S/C20H20N2O4/c1-13-17(19(23)26-12-14-8-4-3-5-9-14)18(22-20(24)21-13)15-10-6-7-11-16(15)25-2/h3-11,18H,12H2,1-2H3,(H2,21,22,24)/t18-/m1/s1. The molecule has 0 unspecified atom stereocenters. The van der Waals surface area contributed by atoms with Crippen LogP contribution in [0.3, 0.4) is 0 Å². The van der Waals surface area contributed by atoms with Crippen molar-refractivity contribution in [1.82, 2.24) is 10.6 Å². The Morgan fingerprint density at radius 2 is 1.77 bits per heavy atom. The molecular formula is C20H20N2O4. The summed E-state index contributed by atoms with van der Waals surface area (Å²) in [6.45, 7) is 1.84. The summed E-state index contributed by atoms with van der Waals surface area (Å²) in [5, 5.41) is 5.41. The summed E-state index contributed by atoms with van der Waals surface area (Å²) < 4.78 is 10.8. The molecular weight excluding hydrogens is 332 g/mol. The van der Waals surface area contributed by atoms with E-state index in [1.807, 2.05) is 48.5 Å². The number of para-hydroxylation sites is 1. The summed E-state index contributed by atoms with van der Waals surface area (Å²) in [6.07, 6.45) is 0. The average Bonchev–Trinajstić information content (AvgIpc) is 2.66. The summed E-state index contributed by atoms with van der Waals surface area (Å²) >= 11 is 0. The number of ether oxygens (including phenoxy) is 2. The van der Waals surface area contributed by atoms with Gasteiger partial charge in [-0.2, -0.15) is 0 Å². The number of rotatable bonds is 5. The lowest BCUT2D eigenvalue weighted by molar-refractivity contribution is -0.140. The first kappa shape index (κ1) is 17.5. The molecule has 2 aromatic carbocycles. The van der Waals surface area contributed by atoms with Crippen molar-refractivity contribution in [2.75, 3.05) is 7.11 Å². The molecule has 6 heteroatoms. The molecule has 26 heavy (non-hydrogen) atoms. The van der Waals surface area contributed by atoms with Crippen LogP contribution in [0.5, 0.6) is 5.75 Å². The average molecular weight is 352 g/mol. The monoisotopic (exact) mass is 352 g/mol. The molecule has 0 fully saturated rings. The van der Waals surface area contributed by atoms with E-state index in [2.05, 4.69) is 10.6 Å². The molecule has 2 aromatic rings. The maximum atomic E-state index is 12.8. The molecule has 0 saturated carbocycles. The first-order valence-corrected chi connectivity index (χ1v) is 8.22. The molecule has 0 bridgehead atoms. The first-order chi connectivity index (χ1) is 12.6. The van der Waals surface area contributed by atoms with Crippen LogP contribution in [-0.2, 0) is 16.1 Å². The Labute approximate surface area is 151 Å². The SMILES string of the molecule is COc1ccccc1[C@H]1NC(=O)NC(C)=C1C(=O)OCc1ccccc1. The lowest BCUT2D eigenvalue weighted by atomic mass is 9.95. The maximum Gasteiger partial charge on any atom is 0.338 e. The zero-order valence-electron chi connectivity index (χ0n) is 14.6. The van der Waals surface area contributed by atoms with Crippen molar-refractivity contribution in [2.24, 2.45) is 0 Å². The van der Waals surface area contributed by atoms with Crippen molar-refractivity contribution in [1.29, 1.82) is 0 Å². The highest BCUT2D eigenvalue weighted by molar-refractivity contribution is 5.95. The van der Waals surface area contributed by atoms with Gasteiger partial charge in [-0.05, 0) is 18.6 Å². The Kier molecular flexibility index (Phi) is 5.22. The Balaban J connectivity index is 1.89. The molecule has 2 N–H and O–H groups in total. The van der Waals surface area contributed by atoms with Crippen LogP contribution in [0.2, 0.25) is 0 Å². The molecule has 1 aliphatic heterocycles. The van der Waals surface area contributed by atoms with Gasteiger partial charge in [-0.25, -0.2) is 9.59 Å². The van der Waals surface area contributed by atoms with E-state index >= 15 is 0 Å². The first-order valence-electron chi connectivity index (χ1n) is 8.22. The number of allylic oxidation sites excluding steroid dienone is 1. The second-order valence-corrected chi connectivity index (χ2v) is 5.87. The lowest BCUT2D eigenvalue weighted by Crippen LogP contribution is -2.45. The lowest BCUT2D eigenvalue weighted by Gasteiger charge is -2.29. The third kappa shape index (κ3) is 3.69. The highest BCUT2D eigenvalue weighted by atomic mass is 16.5. The number of esters is 1. The van der Waals surface area contributed by atoms with Crippen LogP contribution >= 0.6 is 0 Å². The molecule has 3 rings (SSSR count). The van der Waals surface area contributed by atoms with Crippen molar-refractivity contribution in [2.45, 2.75) is 19.6 Å². The summed E-state index contributed by atoms with van der Waals surface area (Å²) in [5.41, 5.74) is 2.39. The number of hydrogen-bond donors (Lipinski definition) is 2. The second kappa shape index (κ2) is 7.74. The van der Waals surface area contributed by atoms with Crippen LogP contribution < -0.4 is 15.4 Å². The van der Waals surface area contributed by atoms with Gasteiger partial charge in [-0.1, -0.05) is 48.5 Å². The van der Waals surface area contributed by atoms with Gasteiger partial charge in [0.1, 0.15) is 12.4 Å². The van der Waals surface area contributed by atoms with Crippen molar-refractivity contribution in [3.05, 3.63) is 77.0 Å². The molecule has 0 aliphatic carbocycles. The number of urea groups is 1. The zero-order valence-corrected chi connectivity index (χ0v) is 14.6. The van der Waals surface area contributed by atoms with Crippen molar-refractivity contribution in [3.8, 4) is 5.75 Å². The van der Waals surface area contributed by atoms with Gasteiger partial charge in [0.25, 0.3) is 0 Å². The van der Waals surface area contributed by atoms with E-state index in [0.717, 1.165) is 5.56 Å². The van der Waals surface area contributed by atoms with E-state index in [-0.39, 0.29) is 12.6 Å². The molecule has 6 nitrogen and oxygen atoms in total. The largest absolute Gasteiger partial charge is 0.496 e. The zero-order chi connectivity index (χ0) is 18.5. The summed E-state index contributed by atoms with van der Waals surface area (Å²) in [6, 6.07) is 15.7. The quantitative estimate of drug-likeness (QED) is 0.811. The van der Waals surface area contributed by atoms with Crippen molar-refractivity contribution in [3.63, 3.8) is 0 Å². The van der Waals surface area contributed by atoms with Gasteiger partial charge in [0.15, 0.2) is 0 Å². The smallest absolute Gasteiger partial charge is 0.338 e. The van der Waals surface area contributed by atoms with Gasteiger partial charge in [-0.15, -0.1) is 0 Å². The van der Waals surface area contributed by atoms with Crippen LogP contribution in [0.25, 0.3) is 0 Å². The topological polar surface area (TPSA) is 76.7 Å². The Hall–Kier alpha value is -3.28. The maximum absolute atomic E-state index is 12.8. The van der Waals surface area contributed by atoms with E-state index in [9.17, 15) is 9.59 Å². The minimum absolute atomic E-state index is 0.156. The summed E-state index contributed by atoms with van der Waals surface area (Å²) in [4.78, 5) is 24.7. The summed E-state index contributed by atoms with van der Waals surface area (Å²) in [5.74, 6) is 0.0932. The van der Waals surface area contributed by atoms with E-state index in [0.29, 0.717) is 22.6 Å². The van der Waals surface area contributed by atoms with Gasteiger partial charge in [-0.3, -0.25) is 0 Å². The number of hydrogen-bond acceptors (Lipinski definition) is 4.